The van der Waals surface area contributed by atoms with Crippen LogP contribution in [0.3, 0.4) is 0 Å². The van der Waals surface area contributed by atoms with E-state index in [0.29, 0.717) is 0 Å². The van der Waals surface area contributed by atoms with Gasteiger partial charge >= 0.3 is 0 Å². The van der Waals surface area contributed by atoms with Crippen molar-refractivity contribution in [3.05, 3.63) is 149 Å². The van der Waals surface area contributed by atoms with Crippen LogP contribution in [0.1, 0.15) is 42.6 Å². The van der Waals surface area contributed by atoms with Gasteiger partial charge in [-0.3, -0.25) is 4.99 Å². The van der Waals surface area contributed by atoms with Crippen molar-refractivity contribution in [1.29, 1.82) is 0 Å². The zero-order valence-electron chi connectivity index (χ0n) is 24.4. The van der Waals surface area contributed by atoms with E-state index in [1.807, 2.05) is 0 Å². The Kier molecular flexibility index (Phi) is 5.90. The second kappa shape index (κ2) is 10.2. The summed E-state index contributed by atoms with van der Waals surface area (Å²) in [5, 5.41) is 0.981. The normalized spacial score (nSPS) is 21.4. The van der Waals surface area contributed by atoms with E-state index in [1.165, 1.54) is 33.4 Å². The van der Waals surface area contributed by atoms with Gasteiger partial charge in [-0.1, -0.05) is 91.1 Å². The van der Waals surface area contributed by atoms with Crippen molar-refractivity contribution in [2.75, 3.05) is 0 Å². The molecular weight excluding hydrogens is 538 g/mol. The molecule has 0 saturated heterocycles. The van der Waals surface area contributed by atoms with Gasteiger partial charge in [-0.25, -0.2) is 0 Å². The van der Waals surface area contributed by atoms with Gasteiger partial charge in [0.15, 0.2) is 11.5 Å². The van der Waals surface area contributed by atoms with Crippen LogP contribution in [-0.4, -0.2) is 6.21 Å². The first-order valence-electron chi connectivity index (χ1n) is 15.7. The number of hydrogen-bond donors (Lipinski definition) is 0. The highest BCUT2D eigenvalue weighted by Gasteiger charge is 2.32. The highest BCUT2D eigenvalue weighted by molar-refractivity contribution is 6.04. The maximum absolute atomic E-state index is 6.82. The van der Waals surface area contributed by atoms with Crippen LogP contribution in [0.15, 0.2) is 142 Å². The van der Waals surface area contributed by atoms with Crippen LogP contribution in [0.5, 0.6) is 11.5 Å². The lowest BCUT2D eigenvalue weighted by atomic mass is 9.75. The van der Waals surface area contributed by atoms with Crippen LogP contribution < -0.4 is 4.74 Å². The molecule has 3 heterocycles. The minimum atomic E-state index is 0.255. The minimum absolute atomic E-state index is 0.255. The Bertz CT molecular complexity index is 2090. The molecule has 3 aliphatic carbocycles. The van der Waals surface area contributed by atoms with E-state index >= 15 is 0 Å². The van der Waals surface area contributed by atoms with Gasteiger partial charge in [0.2, 0.25) is 0 Å². The summed E-state index contributed by atoms with van der Waals surface area (Å²) in [7, 11) is 0. The lowest BCUT2D eigenvalue weighted by Gasteiger charge is -2.31. The highest BCUT2D eigenvalue weighted by atomic mass is 16.5. The fraction of sp³-hybridized carbons (Fsp3) is 0.146. The fourth-order valence-corrected chi connectivity index (χ4v) is 7.27. The van der Waals surface area contributed by atoms with Crippen LogP contribution in [0.2, 0.25) is 0 Å². The summed E-state index contributed by atoms with van der Waals surface area (Å²) in [4.78, 5) is 5.11. The molecule has 1 aromatic heterocycles. The summed E-state index contributed by atoms with van der Waals surface area (Å²) < 4.78 is 13.4. The molecule has 0 fully saturated rings. The van der Waals surface area contributed by atoms with Gasteiger partial charge in [0, 0.05) is 34.8 Å². The molecule has 3 heteroatoms. The quantitative estimate of drug-likeness (QED) is 0.246. The van der Waals surface area contributed by atoms with E-state index in [9.17, 15) is 0 Å². The van der Waals surface area contributed by atoms with Crippen LogP contribution in [0.4, 0.5) is 0 Å². The van der Waals surface area contributed by atoms with E-state index in [4.69, 9.17) is 14.1 Å². The average molecular weight is 570 g/mol. The van der Waals surface area contributed by atoms with Crippen molar-refractivity contribution < 1.29 is 9.15 Å². The van der Waals surface area contributed by atoms with Gasteiger partial charge in [-0.15, -0.1) is 0 Å². The zero-order valence-corrected chi connectivity index (χ0v) is 24.4. The van der Waals surface area contributed by atoms with Crippen molar-refractivity contribution in [3.63, 3.8) is 0 Å². The minimum Gasteiger partial charge on any atom is -0.452 e. The van der Waals surface area contributed by atoms with Crippen molar-refractivity contribution in [2.24, 2.45) is 16.8 Å². The maximum atomic E-state index is 6.82. The monoisotopic (exact) mass is 569 g/mol. The topological polar surface area (TPSA) is 34.7 Å². The summed E-state index contributed by atoms with van der Waals surface area (Å²) >= 11 is 0. The summed E-state index contributed by atoms with van der Waals surface area (Å²) in [5.41, 5.74) is 11.4. The lowest BCUT2D eigenvalue weighted by molar-refractivity contribution is 0.468. The number of nitrogens with zero attached hydrogens (tertiary/aromatic N) is 1. The first kappa shape index (κ1) is 25.4. The molecule has 44 heavy (non-hydrogen) atoms. The van der Waals surface area contributed by atoms with Crippen LogP contribution in [-0.2, 0) is 0 Å². The molecule has 2 unspecified atom stereocenters. The Morgan fingerprint density at radius 2 is 1.66 bits per heavy atom. The summed E-state index contributed by atoms with van der Waals surface area (Å²) in [6, 6.07) is 23.5. The van der Waals surface area contributed by atoms with Gasteiger partial charge in [0.05, 0.1) is 11.1 Å². The summed E-state index contributed by atoms with van der Waals surface area (Å²) in [6.45, 7) is 0. The predicted molar refractivity (Wildman–Crippen MR) is 180 cm³/mol. The molecule has 0 spiro atoms. The van der Waals surface area contributed by atoms with E-state index in [0.717, 1.165) is 70.7 Å². The lowest BCUT2D eigenvalue weighted by Crippen LogP contribution is -2.23. The predicted octanol–water partition coefficient (Wildman–Crippen LogP) is 10.9. The van der Waals surface area contributed by atoms with E-state index in [2.05, 4.69) is 128 Å². The third kappa shape index (κ3) is 4.07. The molecule has 0 bridgehead atoms. The number of furan rings is 1. The van der Waals surface area contributed by atoms with Gasteiger partial charge in [0.25, 0.3) is 0 Å². The standard InChI is InChI=1S/C41H31NO2/c1-3-11-26(12-4-1)28-19-21-37-34(23-28)31-16-8-10-18-33(31)40-41(43-37)35-24-29(20-22-38(35)44-40)39-32-17-9-7-15-30(32)36(25-42-39)27-13-5-2-6-14-27/h1,3-5,7-9,11-17,19-25,30,36H,2,6,10,18H2. The van der Waals surface area contributed by atoms with Gasteiger partial charge < -0.3 is 9.15 Å². The molecule has 4 aromatic rings. The number of hydrogen-bond acceptors (Lipinski definition) is 3. The van der Waals surface area contributed by atoms with Crippen molar-refractivity contribution in [3.8, 4) is 22.6 Å². The Hall–Kier alpha value is -5.15. The molecule has 0 amide bonds. The molecule has 0 N–H and O–H groups in total. The molecule has 212 valence electrons. The largest absolute Gasteiger partial charge is 0.452 e. The summed E-state index contributed by atoms with van der Waals surface area (Å²) in [5.74, 6) is 3.01. The third-order valence-electron chi connectivity index (χ3n) is 9.45. The van der Waals surface area contributed by atoms with E-state index < -0.39 is 0 Å². The molecule has 5 aliphatic rings. The molecule has 2 atom stereocenters. The Balaban J connectivity index is 1.17. The first-order valence-corrected chi connectivity index (χ1v) is 15.7. The van der Waals surface area contributed by atoms with Crippen LogP contribution >= 0.6 is 0 Å². The molecule has 2 aliphatic heterocycles. The second-order valence-corrected chi connectivity index (χ2v) is 12.0. The summed E-state index contributed by atoms with van der Waals surface area (Å²) in [6.07, 6.45) is 26.6. The molecule has 9 rings (SSSR count). The number of rotatable bonds is 3. The van der Waals surface area contributed by atoms with Gasteiger partial charge in [0.1, 0.15) is 11.3 Å². The highest BCUT2D eigenvalue weighted by Crippen LogP contribution is 2.51. The third-order valence-corrected chi connectivity index (χ3v) is 9.45. The van der Waals surface area contributed by atoms with Gasteiger partial charge in [-0.05, 0) is 83.9 Å². The molecule has 0 saturated carbocycles. The number of aliphatic imine (C=N–C) groups is 1. The van der Waals surface area contributed by atoms with Gasteiger partial charge in [-0.2, -0.15) is 0 Å². The smallest absolute Gasteiger partial charge is 0.181 e. The Morgan fingerprint density at radius 3 is 2.57 bits per heavy atom. The van der Waals surface area contributed by atoms with Crippen molar-refractivity contribution in [2.45, 2.75) is 25.7 Å². The maximum Gasteiger partial charge on any atom is 0.181 e. The number of fused-ring (bicyclic) bond motifs is 7. The van der Waals surface area contributed by atoms with Crippen LogP contribution in [0, 0.1) is 11.8 Å². The van der Waals surface area contributed by atoms with Crippen LogP contribution in [0.25, 0.3) is 38.9 Å². The number of benzene rings is 3. The Labute approximate surface area is 257 Å². The average Bonchev–Trinajstić information content (AvgIpc) is 3.39. The molecule has 3 aromatic carbocycles. The van der Waals surface area contributed by atoms with E-state index in [1.54, 1.807) is 0 Å². The van der Waals surface area contributed by atoms with Crippen molar-refractivity contribution in [1.82, 2.24) is 0 Å². The Morgan fingerprint density at radius 1 is 0.750 bits per heavy atom. The molecule has 3 nitrogen and oxygen atoms in total. The first-order chi connectivity index (χ1) is 21.8. The zero-order chi connectivity index (χ0) is 29.0. The second-order valence-electron chi connectivity index (χ2n) is 12.0. The van der Waals surface area contributed by atoms with Crippen molar-refractivity contribution >= 4 is 34.0 Å². The SMILES string of the molecule is C1=CC2=C(c3ccc4oc5c(c4c3)Oc3ccc(-c4ccccc4)cc3C3=C5CCC=C3)N=CC(C3=CCCC=C3)C2C=C1. The van der Waals surface area contributed by atoms with E-state index in [-0.39, 0.29) is 11.8 Å². The number of ether oxygens (including phenoxy) is 1. The molecule has 0 radical (unpaired) electrons. The molecular formula is C41H31NO2. The fourth-order valence-electron chi connectivity index (χ4n) is 7.27. The number of allylic oxidation sites excluding steroid dienone is 13.